The van der Waals surface area contributed by atoms with E-state index in [1.807, 2.05) is 19.0 Å². The molecule has 2 heterocycles. The minimum absolute atomic E-state index is 0.0613. The third-order valence-corrected chi connectivity index (χ3v) is 3.50. The summed E-state index contributed by atoms with van der Waals surface area (Å²) >= 11 is 0. The number of hydrogen-bond acceptors (Lipinski definition) is 5. The van der Waals surface area contributed by atoms with Crippen LogP contribution in [0.15, 0.2) is 18.3 Å². The van der Waals surface area contributed by atoms with Crippen molar-refractivity contribution in [3.8, 4) is 0 Å². The van der Waals surface area contributed by atoms with Crippen molar-refractivity contribution in [2.24, 2.45) is 0 Å². The normalized spacial score (nSPS) is 15.7. The molecular weight excluding hydrogens is 268 g/mol. The first-order valence-electron chi connectivity index (χ1n) is 7.39. The van der Waals surface area contributed by atoms with Crippen LogP contribution in [-0.4, -0.2) is 69.3 Å². The lowest BCUT2D eigenvalue weighted by Gasteiger charge is -2.26. The highest BCUT2D eigenvalue weighted by Gasteiger charge is 2.13. The maximum Gasteiger partial charge on any atom is 0.255 e. The molecule has 0 aromatic carbocycles. The number of nitrogens with zero attached hydrogens (tertiary/aromatic N) is 3. The van der Waals surface area contributed by atoms with Gasteiger partial charge >= 0.3 is 0 Å². The molecule has 0 bridgehead atoms. The minimum atomic E-state index is -0.0613. The number of pyridine rings is 1. The smallest absolute Gasteiger partial charge is 0.255 e. The van der Waals surface area contributed by atoms with Gasteiger partial charge in [-0.1, -0.05) is 0 Å². The third kappa shape index (κ3) is 4.68. The molecule has 1 aliphatic rings. The summed E-state index contributed by atoms with van der Waals surface area (Å²) in [6, 6.07) is 3.59. The van der Waals surface area contributed by atoms with Gasteiger partial charge in [-0.15, -0.1) is 0 Å². The van der Waals surface area contributed by atoms with Crippen LogP contribution in [0.5, 0.6) is 0 Å². The topological polar surface area (TPSA) is 57.7 Å². The molecular formula is C15H24N4O2. The van der Waals surface area contributed by atoms with Crippen LogP contribution in [0, 0.1) is 0 Å². The van der Waals surface area contributed by atoms with E-state index in [1.54, 1.807) is 18.3 Å². The van der Waals surface area contributed by atoms with Crippen LogP contribution in [0.1, 0.15) is 16.8 Å². The van der Waals surface area contributed by atoms with Crippen molar-refractivity contribution in [2.75, 3.05) is 58.4 Å². The van der Waals surface area contributed by atoms with Crippen LogP contribution < -0.4 is 10.2 Å². The number of amides is 1. The van der Waals surface area contributed by atoms with Crippen LogP contribution in [0.4, 0.5) is 5.82 Å². The molecule has 1 amide bonds. The van der Waals surface area contributed by atoms with Crippen LogP contribution >= 0.6 is 0 Å². The van der Waals surface area contributed by atoms with Crippen LogP contribution in [0.3, 0.4) is 0 Å². The maximum absolute atomic E-state index is 12.2. The molecule has 2 rings (SSSR count). The van der Waals surface area contributed by atoms with Crippen molar-refractivity contribution < 1.29 is 9.53 Å². The Morgan fingerprint density at radius 2 is 2.19 bits per heavy atom. The summed E-state index contributed by atoms with van der Waals surface area (Å²) in [5.74, 6) is 0.636. The number of anilines is 1. The van der Waals surface area contributed by atoms with E-state index in [9.17, 15) is 4.79 Å². The number of aromatic nitrogens is 1. The van der Waals surface area contributed by atoms with E-state index in [1.165, 1.54) is 0 Å². The lowest BCUT2D eigenvalue weighted by molar-refractivity contribution is 0.0374. The molecule has 0 aliphatic carbocycles. The number of morpholine rings is 1. The molecule has 1 aromatic rings. The molecule has 6 heteroatoms. The zero-order valence-corrected chi connectivity index (χ0v) is 12.8. The molecule has 0 radical (unpaired) electrons. The van der Waals surface area contributed by atoms with Gasteiger partial charge in [-0.25, -0.2) is 4.98 Å². The highest BCUT2D eigenvalue weighted by molar-refractivity contribution is 5.98. The quantitative estimate of drug-likeness (QED) is 0.778. The molecule has 1 saturated heterocycles. The lowest BCUT2D eigenvalue weighted by atomic mass is 10.2. The third-order valence-electron chi connectivity index (χ3n) is 3.50. The van der Waals surface area contributed by atoms with Crippen molar-refractivity contribution in [2.45, 2.75) is 6.42 Å². The van der Waals surface area contributed by atoms with Gasteiger partial charge in [0.15, 0.2) is 0 Å². The molecule has 0 atom stereocenters. The van der Waals surface area contributed by atoms with Crippen molar-refractivity contribution >= 4 is 11.7 Å². The summed E-state index contributed by atoms with van der Waals surface area (Å²) in [4.78, 5) is 20.7. The maximum atomic E-state index is 12.2. The molecule has 0 spiro atoms. The number of rotatable bonds is 6. The van der Waals surface area contributed by atoms with Gasteiger partial charge in [0, 0.05) is 39.9 Å². The number of ether oxygens (including phenoxy) is 1. The average Bonchev–Trinajstić information content (AvgIpc) is 2.52. The Bertz CT molecular complexity index is 459. The van der Waals surface area contributed by atoms with Crippen molar-refractivity contribution in [3.63, 3.8) is 0 Å². The highest BCUT2D eigenvalue weighted by Crippen LogP contribution is 2.13. The highest BCUT2D eigenvalue weighted by atomic mass is 16.5. The molecule has 1 N–H and O–H groups in total. The predicted octanol–water partition coefficient (Wildman–Crippen LogP) is 0.600. The predicted molar refractivity (Wildman–Crippen MR) is 82.8 cm³/mol. The SMILES string of the molecule is CN(C)c1ncccc1C(=O)NCCCN1CCOCC1. The summed E-state index contributed by atoms with van der Waals surface area (Å²) in [6.45, 7) is 5.28. The molecule has 21 heavy (non-hydrogen) atoms. The van der Waals surface area contributed by atoms with Gasteiger partial charge in [-0.3, -0.25) is 9.69 Å². The van der Waals surface area contributed by atoms with E-state index in [4.69, 9.17) is 4.74 Å². The van der Waals surface area contributed by atoms with Crippen LogP contribution in [-0.2, 0) is 4.74 Å². The van der Waals surface area contributed by atoms with Crippen molar-refractivity contribution in [1.29, 1.82) is 0 Å². The second-order valence-corrected chi connectivity index (χ2v) is 5.33. The zero-order valence-electron chi connectivity index (χ0n) is 12.8. The monoisotopic (exact) mass is 292 g/mol. The van der Waals surface area contributed by atoms with E-state index in [2.05, 4.69) is 15.2 Å². The van der Waals surface area contributed by atoms with Crippen LogP contribution in [0.2, 0.25) is 0 Å². The fraction of sp³-hybridized carbons (Fsp3) is 0.600. The summed E-state index contributed by atoms with van der Waals surface area (Å²) in [5, 5.41) is 2.97. The van der Waals surface area contributed by atoms with Gasteiger partial charge in [-0.2, -0.15) is 0 Å². The fourth-order valence-electron chi connectivity index (χ4n) is 2.36. The van der Waals surface area contributed by atoms with Gasteiger partial charge in [0.2, 0.25) is 0 Å². The first-order chi connectivity index (χ1) is 10.2. The van der Waals surface area contributed by atoms with E-state index in [-0.39, 0.29) is 5.91 Å². The molecule has 1 aromatic heterocycles. The summed E-state index contributed by atoms with van der Waals surface area (Å²) in [7, 11) is 3.77. The second-order valence-electron chi connectivity index (χ2n) is 5.33. The Morgan fingerprint density at radius 3 is 2.90 bits per heavy atom. The van der Waals surface area contributed by atoms with Gasteiger partial charge in [0.25, 0.3) is 5.91 Å². The molecule has 0 saturated carbocycles. The Balaban J connectivity index is 1.76. The number of carbonyl (C=O) groups excluding carboxylic acids is 1. The largest absolute Gasteiger partial charge is 0.379 e. The van der Waals surface area contributed by atoms with E-state index in [0.29, 0.717) is 17.9 Å². The van der Waals surface area contributed by atoms with Gasteiger partial charge in [-0.05, 0) is 25.1 Å². The Labute approximate surface area is 126 Å². The van der Waals surface area contributed by atoms with Crippen LogP contribution in [0.25, 0.3) is 0 Å². The van der Waals surface area contributed by atoms with Gasteiger partial charge in [0.1, 0.15) is 5.82 Å². The first kappa shape index (κ1) is 15.7. The average molecular weight is 292 g/mol. The number of nitrogens with one attached hydrogen (secondary N) is 1. The zero-order chi connectivity index (χ0) is 15.1. The number of hydrogen-bond donors (Lipinski definition) is 1. The first-order valence-corrected chi connectivity index (χ1v) is 7.39. The summed E-state index contributed by atoms with van der Waals surface area (Å²) in [6.07, 6.45) is 2.65. The van der Waals surface area contributed by atoms with E-state index in [0.717, 1.165) is 39.3 Å². The van der Waals surface area contributed by atoms with Crippen molar-refractivity contribution in [3.05, 3.63) is 23.9 Å². The molecule has 1 aliphatic heterocycles. The second kappa shape index (κ2) is 7.95. The van der Waals surface area contributed by atoms with E-state index < -0.39 is 0 Å². The Morgan fingerprint density at radius 1 is 1.43 bits per heavy atom. The molecule has 0 unspecified atom stereocenters. The number of carbonyl (C=O) groups is 1. The standard InChI is InChI=1S/C15H24N4O2/c1-18(2)14-13(5-3-6-16-14)15(20)17-7-4-8-19-9-11-21-12-10-19/h3,5-6H,4,7-12H2,1-2H3,(H,17,20). The molecule has 6 nitrogen and oxygen atoms in total. The lowest BCUT2D eigenvalue weighted by Crippen LogP contribution is -2.38. The Hall–Kier alpha value is -1.66. The molecule has 1 fully saturated rings. The van der Waals surface area contributed by atoms with Gasteiger partial charge in [0.05, 0.1) is 18.8 Å². The van der Waals surface area contributed by atoms with Gasteiger partial charge < -0.3 is 15.0 Å². The van der Waals surface area contributed by atoms with Crippen molar-refractivity contribution in [1.82, 2.24) is 15.2 Å². The molecule has 116 valence electrons. The summed E-state index contributed by atoms with van der Waals surface area (Å²) in [5.41, 5.74) is 0.619. The van der Waals surface area contributed by atoms with E-state index >= 15 is 0 Å². The summed E-state index contributed by atoms with van der Waals surface area (Å²) < 4.78 is 5.31. The minimum Gasteiger partial charge on any atom is -0.379 e. The fourth-order valence-corrected chi connectivity index (χ4v) is 2.36. The Kier molecular flexibility index (Phi) is 5.95.